The molecule has 0 aromatic heterocycles. The van der Waals surface area contributed by atoms with Gasteiger partial charge in [0.15, 0.2) is 0 Å². The number of hydrogen-bond donors (Lipinski definition) is 1. The van der Waals surface area contributed by atoms with Crippen LogP contribution in [-0.4, -0.2) is 78.8 Å². The first-order chi connectivity index (χ1) is 16.0. The van der Waals surface area contributed by atoms with E-state index in [0.717, 1.165) is 58.3 Å². The average Bonchev–Trinajstić information content (AvgIpc) is 2.90. The van der Waals surface area contributed by atoms with E-state index >= 15 is 0 Å². The topological polar surface area (TPSA) is 86.3 Å². The van der Waals surface area contributed by atoms with E-state index in [2.05, 4.69) is 19.7 Å². The highest BCUT2D eigenvalue weighted by Gasteiger charge is 2.12. The summed E-state index contributed by atoms with van der Waals surface area (Å²) in [5, 5.41) is 3.16. The van der Waals surface area contributed by atoms with Crippen molar-refractivity contribution in [1.29, 1.82) is 0 Å². The van der Waals surface area contributed by atoms with Crippen molar-refractivity contribution >= 4 is 17.6 Å². The second kappa shape index (κ2) is 14.9. The van der Waals surface area contributed by atoms with E-state index < -0.39 is 5.97 Å². The Labute approximate surface area is 193 Å². The van der Waals surface area contributed by atoms with Crippen LogP contribution in [0.25, 0.3) is 0 Å². The van der Waals surface area contributed by atoms with Crippen LogP contribution in [0.4, 0.5) is 10.1 Å². The van der Waals surface area contributed by atoms with Crippen LogP contribution in [-0.2, 0) is 18.9 Å². The monoisotopic (exact) mass is 462 g/mol. The second-order valence-electron chi connectivity index (χ2n) is 7.00. The van der Waals surface area contributed by atoms with Crippen LogP contribution in [0.3, 0.4) is 0 Å². The number of methoxy groups -OCH3 is 2. The molecule has 2 aromatic carbocycles. The summed E-state index contributed by atoms with van der Waals surface area (Å²) in [6.07, 6.45) is 0. The van der Waals surface area contributed by atoms with Crippen molar-refractivity contribution in [3.05, 3.63) is 65.5 Å². The first-order valence-corrected chi connectivity index (χ1v) is 10.7. The van der Waals surface area contributed by atoms with E-state index in [9.17, 15) is 14.0 Å². The molecule has 9 heteroatoms. The molecule has 2 saturated heterocycles. The van der Waals surface area contributed by atoms with Gasteiger partial charge in [-0.2, -0.15) is 0 Å². The lowest BCUT2D eigenvalue weighted by atomic mass is 10.2. The Hall–Kier alpha value is -3.01. The molecule has 2 aliphatic rings. The fourth-order valence-electron chi connectivity index (χ4n) is 2.97. The Morgan fingerprint density at radius 3 is 1.64 bits per heavy atom. The van der Waals surface area contributed by atoms with Crippen molar-refractivity contribution < 1.29 is 32.9 Å². The van der Waals surface area contributed by atoms with E-state index in [1.54, 1.807) is 12.1 Å². The van der Waals surface area contributed by atoms with Crippen molar-refractivity contribution in [2.75, 3.05) is 71.7 Å². The zero-order valence-electron chi connectivity index (χ0n) is 19.1. The Bertz CT molecular complexity index is 824. The normalized spacial score (nSPS) is 15.2. The molecule has 2 fully saturated rings. The van der Waals surface area contributed by atoms with Crippen molar-refractivity contribution in [3.63, 3.8) is 0 Å². The number of morpholine rings is 2. The summed E-state index contributed by atoms with van der Waals surface area (Å²) >= 11 is 0. The molecule has 2 aromatic rings. The molecular weight excluding hydrogens is 431 g/mol. The lowest BCUT2D eigenvalue weighted by molar-refractivity contribution is 0.0592. The Kier molecular flexibility index (Phi) is 11.9. The Balaban J connectivity index is 0.000000195. The third kappa shape index (κ3) is 9.56. The van der Waals surface area contributed by atoms with Crippen LogP contribution in [0.1, 0.15) is 20.7 Å². The lowest BCUT2D eigenvalue weighted by Crippen LogP contribution is -2.36. The lowest BCUT2D eigenvalue weighted by Gasteiger charge is -2.28. The van der Waals surface area contributed by atoms with Gasteiger partial charge in [0, 0.05) is 31.9 Å². The third-order valence-corrected chi connectivity index (χ3v) is 4.78. The van der Waals surface area contributed by atoms with Crippen molar-refractivity contribution in [2.45, 2.75) is 0 Å². The molecule has 0 amide bonds. The summed E-state index contributed by atoms with van der Waals surface area (Å²) in [7, 11) is 2.67. The van der Waals surface area contributed by atoms with Crippen LogP contribution >= 0.6 is 0 Å². The molecule has 0 radical (unpaired) electrons. The summed E-state index contributed by atoms with van der Waals surface area (Å²) < 4.78 is 31.7. The molecule has 0 saturated carbocycles. The minimum Gasteiger partial charge on any atom is -0.465 e. The first-order valence-electron chi connectivity index (χ1n) is 10.7. The molecule has 0 atom stereocenters. The minimum atomic E-state index is -0.454. The maximum atomic E-state index is 12.3. The molecule has 2 aliphatic heterocycles. The number of rotatable bonds is 3. The molecular formula is C24H31FN2O6. The summed E-state index contributed by atoms with van der Waals surface area (Å²) in [6.45, 7) is 7.16. The van der Waals surface area contributed by atoms with Gasteiger partial charge in [0.1, 0.15) is 5.82 Å². The van der Waals surface area contributed by atoms with Gasteiger partial charge in [-0.25, -0.2) is 14.0 Å². The van der Waals surface area contributed by atoms with E-state index in [1.807, 2.05) is 12.1 Å². The van der Waals surface area contributed by atoms with E-state index in [1.165, 1.54) is 38.5 Å². The standard InChI is InChI=1S/C12H15NO3.C8H7FO2.C4H9NO/c1-15-12(14)10-2-4-11(5-3-10)13-6-8-16-9-7-13;1-11-8(10)6-2-4-7(9)5-3-6;1-3-6-4-2-5-1/h2-5H,6-9H2,1H3;2-5H,1H3;5H,1-4H2. The van der Waals surface area contributed by atoms with Crippen LogP contribution < -0.4 is 10.2 Å². The maximum Gasteiger partial charge on any atom is 0.337 e. The third-order valence-electron chi connectivity index (χ3n) is 4.78. The number of halogens is 1. The molecule has 180 valence electrons. The summed E-state index contributed by atoms with van der Waals surface area (Å²) in [4.78, 5) is 24.3. The fourth-order valence-corrected chi connectivity index (χ4v) is 2.97. The highest BCUT2D eigenvalue weighted by atomic mass is 19.1. The van der Waals surface area contributed by atoms with Gasteiger partial charge in [-0.05, 0) is 48.5 Å². The predicted octanol–water partition coefficient (Wildman–Crippen LogP) is 2.53. The molecule has 0 bridgehead atoms. The SMILES string of the molecule is C1COCCN1.COC(=O)c1ccc(F)cc1.COC(=O)c1ccc(N2CCOCC2)cc1. The zero-order chi connectivity index (χ0) is 23.9. The number of hydrogen-bond acceptors (Lipinski definition) is 8. The first kappa shape index (κ1) is 26.2. The zero-order valence-corrected chi connectivity index (χ0v) is 19.1. The molecule has 0 unspecified atom stereocenters. The van der Waals surface area contributed by atoms with Gasteiger partial charge < -0.3 is 29.2 Å². The van der Waals surface area contributed by atoms with Crippen molar-refractivity contribution in [2.24, 2.45) is 0 Å². The number of ether oxygens (including phenoxy) is 4. The molecule has 4 rings (SSSR count). The van der Waals surface area contributed by atoms with E-state index in [-0.39, 0.29) is 11.8 Å². The fraction of sp³-hybridized carbons (Fsp3) is 0.417. The second-order valence-corrected chi connectivity index (χ2v) is 7.00. The van der Waals surface area contributed by atoms with Crippen LogP contribution in [0.5, 0.6) is 0 Å². The summed E-state index contributed by atoms with van der Waals surface area (Å²) in [6, 6.07) is 12.6. The quantitative estimate of drug-likeness (QED) is 0.697. The number of carbonyl (C=O) groups excluding carboxylic acids is 2. The van der Waals surface area contributed by atoms with Crippen LogP contribution in [0.2, 0.25) is 0 Å². The van der Waals surface area contributed by atoms with E-state index in [0.29, 0.717) is 11.1 Å². The summed E-state index contributed by atoms with van der Waals surface area (Å²) in [5.41, 5.74) is 2.06. The molecule has 0 spiro atoms. The largest absolute Gasteiger partial charge is 0.465 e. The molecule has 2 heterocycles. The number of anilines is 1. The van der Waals surface area contributed by atoms with Crippen molar-refractivity contribution in [3.8, 4) is 0 Å². The highest BCUT2D eigenvalue weighted by Crippen LogP contribution is 2.16. The summed E-state index contributed by atoms with van der Waals surface area (Å²) in [5.74, 6) is -1.11. The number of esters is 2. The number of nitrogens with zero attached hydrogens (tertiary/aromatic N) is 1. The predicted molar refractivity (Wildman–Crippen MR) is 122 cm³/mol. The minimum absolute atomic E-state index is 0.298. The van der Waals surface area contributed by atoms with Gasteiger partial charge in [-0.1, -0.05) is 0 Å². The van der Waals surface area contributed by atoms with Gasteiger partial charge in [0.05, 0.1) is 51.8 Å². The molecule has 33 heavy (non-hydrogen) atoms. The Morgan fingerprint density at radius 2 is 1.24 bits per heavy atom. The number of carbonyl (C=O) groups is 2. The van der Waals surface area contributed by atoms with Gasteiger partial charge in [0.2, 0.25) is 0 Å². The van der Waals surface area contributed by atoms with Crippen LogP contribution in [0, 0.1) is 5.82 Å². The number of nitrogens with one attached hydrogen (secondary N) is 1. The molecule has 8 nitrogen and oxygen atoms in total. The van der Waals surface area contributed by atoms with Gasteiger partial charge in [0.25, 0.3) is 0 Å². The highest BCUT2D eigenvalue weighted by molar-refractivity contribution is 5.90. The molecule has 0 aliphatic carbocycles. The van der Waals surface area contributed by atoms with Gasteiger partial charge in [-0.3, -0.25) is 0 Å². The van der Waals surface area contributed by atoms with Crippen molar-refractivity contribution in [1.82, 2.24) is 5.32 Å². The van der Waals surface area contributed by atoms with Crippen LogP contribution in [0.15, 0.2) is 48.5 Å². The van der Waals surface area contributed by atoms with Gasteiger partial charge >= 0.3 is 11.9 Å². The number of benzene rings is 2. The maximum absolute atomic E-state index is 12.3. The Morgan fingerprint density at radius 1 is 0.788 bits per heavy atom. The average molecular weight is 463 g/mol. The smallest absolute Gasteiger partial charge is 0.337 e. The van der Waals surface area contributed by atoms with E-state index in [4.69, 9.17) is 9.47 Å². The molecule has 1 N–H and O–H groups in total. The van der Waals surface area contributed by atoms with Gasteiger partial charge in [-0.15, -0.1) is 0 Å².